The summed E-state index contributed by atoms with van der Waals surface area (Å²) in [5.41, 5.74) is 11.9. The normalized spacial score (nSPS) is 14.8. The van der Waals surface area contributed by atoms with Gasteiger partial charge >= 0.3 is 11.9 Å². The maximum Gasteiger partial charge on any atom is 0.326 e. The van der Waals surface area contributed by atoms with E-state index >= 15 is 0 Å². The summed E-state index contributed by atoms with van der Waals surface area (Å²) in [5, 5.41) is 25.4. The first-order chi connectivity index (χ1) is 17.3. The van der Waals surface area contributed by atoms with E-state index in [-0.39, 0.29) is 12.8 Å². The van der Waals surface area contributed by atoms with Crippen molar-refractivity contribution in [1.82, 2.24) is 16.0 Å². The molecule has 9 N–H and O–H groups in total. The van der Waals surface area contributed by atoms with Gasteiger partial charge < -0.3 is 37.6 Å². The number of carbonyl (C=O) groups excluding carboxylic acids is 4. The third kappa shape index (κ3) is 11.1. The van der Waals surface area contributed by atoms with Crippen LogP contribution in [0.3, 0.4) is 0 Å². The highest BCUT2D eigenvalue weighted by atomic mass is 16.4. The second kappa shape index (κ2) is 15.2. The molecule has 0 saturated carbocycles. The van der Waals surface area contributed by atoms with Gasteiger partial charge in [0.05, 0.1) is 12.5 Å². The first-order valence-corrected chi connectivity index (χ1v) is 11.8. The van der Waals surface area contributed by atoms with Gasteiger partial charge in [0.15, 0.2) is 0 Å². The van der Waals surface area contributed by atoms with E-state index in [9.17, 15) is 33.9 Å². The third-order valence-electron chi connectivity index (χ3n) is 5.73. The van der Waals surface area contributed by atoms with Gasteiger partial charge in [-0.1, -0.05) is 50.6 Å². The summed E-state index contributed by atoms with van der Waals surface area (Å²) >= 11 is 0. The van der Waals surface area contributed by atoms with Gasteiger partial charge in [0.1, 0.15) is 18.1 Å². The Hall–Kier alpha value is -4.00. The number of nitrogens with two attached hydrogens (primary N) is 2. The SMILES string of the molecule is CCC(C)C(NC(=O)C(CC(N)=O)NC(=O)C(CCC(=O)O)NC(=O)C(N)Cc1ccccc1)C(=O)O. The Morgan fingerprint density at radius 3 is 1.97 bits per heavy atom. The van der Waals surface area contributed by atoms with Crippen molar-refractivity contribution in [2.75, 3.05) is 0 Å². The Bertz CT molecular complexity index is 971. The molecule has 1 rings (SSSR count). The molecule has 37 heavy (non-hydrogen) atoms. The first kappa shape index (κ1) is 31.0. The minimum Gasteiger partial charge on any atom is -0.481 e. The minimum atomic E-state index is -1.56. The van der Waals surface area contributed by atoms with Gasteiger partial charge in [0.2, 0.25) is 23.6 Å². The first-order valence-electron chi connectivity index (χ1n) is 11.8. The Morgan fingerprint density at radius 1 is 0.892 bits per heavy atom. The quantitative estimate of drug-likeness (QED) is 0.139. The Morgan fingerprint density at radius 2 is 1.46 bits per heavy atom. The second-order valence-electron chi connectivity index (χ2n) is 8.73. The van der Waals surface area contributed by atoms with Crippen LogP contribution in [0.15, 0.2) is 30.3 Å². The van der Waals surface area contributed by atoms with Crippen LogP contribution in [-0.4, -0.2) is 69.9 Å². The lowest BCUT2D eigenvalue weighted by Crippen LogP contribution is -2.58. The summed E-state index contributed by atoms with van der Waals surface area (Å²) in [6, 6.07) is 3.55. The number of benzene rings is 1. The maximum atomic E-state index is 13.0. The summed E-state index contributed by atoms with van der Waals surface area (Å²) in [5.74, 6) is -6.60. The number of rotatable bonds is 16. The standard InChI is InChI=1S/C24H35N5O8/c1-3-13(2)20(24(36)37)29-23(35)17(12-18(26)30)28-22(34)16(9-10-19(31)32)27-21(33)15(25)11-14-7-5-4-6-8-14/h4-8,13,15-17,20H,3,9-12,25H2,1-2H3,(H2,26,30)(H,27,33)(H,28,34)(H,29,35)(H,31,32)(H,36,37). The zero-order chi connectivity index (χ0) is 28.1. The van der Waals surface area contributed by atoms with Gasteiger partial charge in [-0.25, -0.2) is 4.79 Å². The maximum absolute atomic E-state index is 13.0. The lowest BCUT2D eigenvalue weighted by atomic mass is 9.98. The molecule has 204 valence electrons. The van der Waals surface area contributed by atoms with E-state index in [2.05, 4.69) is 16.0 Å². The highest BCUT2D eigenvalue weighted by Crippen LogP contribution is 2.09. The molecule has 0 heterocycles. The zero-order valence-corrected chi connectivity index (χ0v) is 20.8. The molecular formula is C24H35N5O8. The van der Waals surface area contributed by atoms with Crippen LogP contribution in [0.25, 0.3) is 0 Å². The third-order valence-corrected chi connectivity index (χ3v) is 5.73. The highest BCUT2D eigenvalue weighted by molar-refractivity contribution is 5.96. The molecule has 0 radical (unpaired) electrons. The smallest absolute Gasteiger partial charge is 0.326 e. The van der Waals surface area contributed by atoms with E-state index < -0.39 is 78.5 Å². The molecule has 1 aromatic carbocycles. The molecule has 0 saturated heterocycles. The molecule has 13 heteroatoms. The summed E-state index contributed by atoms with van der Waals surface area (Å²) in [7, 11) is 0. The van der Waals surface area contributed by atoms with Gasteiger partial charge in [-0.15, -0.1) is 0 Å². The molecule has 1 aromatic rings. The van der Waals surface area contributed by atoms with E-state index in [0.29, 0.717) is 6.42 Å². The number of amides is 4. The molecule has 4 amide bonds. The molecule has 5 unspecified atom stereocenters. The van der Waals surface area contributed by atoms with E-state index in [1.165, 1.54) is 0 Å². The van der Waals surface area contributed by atoms with E-state index in [1.807, 2.05) is 0 Å². The van der Waals surface area contributed by atoms with Gasteiger partial charge in [-0.3, -0.25) is 24.0 Å². The fourth-order valence-electron chi connectivity index (χ4n) is 3.40. The number of carboxylic acids is 2. The van der Waals surface area contributed by atoms with E-state index in [0.717, 1.165) is 5.56 Å². The number of primary amides is 1. The second-order valence-corrected chi connectivity index (χ2v) is 8.73. The average molecular weight is 522 g/mol. The van der Waals surface area contributed by atoms with Crippen LogP contribution in [0.5, 0.6) is 0 Å². The fourth-order valence-corrected chi connectivity index (χ4v) is 3.40. The number of aliphatic carboxylic acids is 2. The van der Waals surface area contributed by atoms with Crippen molar-refractivity contribution in [3.63, 3.8) is 0 Å². The van der Waals surface area contributed by atoms with Crippen LogP contribution >= 0.6 is 0 Å². The molecule has 0 aliphatic carbocycles. The van der Waals surface area contributed by atoms with Gasteiger partial charge in [0, 0.05) is 6.42 Å². The van der Waals surface area contributed by atoms with Crippen LogP contribution in [-0.2, 0) is 35.2 Å². The number of carbonyl (C=O) groups is 6. The molecule has 13 nitrogen and oxygen atoms in total. The molecule has 0 aliphatic heterocycles. The van der Waals surface area contributed by atoms with Crippen LogP contribution in [0.1, 0.15) is 45.1 Å². The number of carboxylic acid groups (broad SMARTS) is 2. The number of hydrogen-bond acceptors (Lipinski definition) is 7. The van der Waals surface area contributed by atoms with Crippen molar-refractivity contribution in [2.45, 2.75) is 70.1 Å². The fraction of sp³-hybridized carbons (Fsp3) is 0.500. The molecular weight excluding hydrogens is 486 g/mol. The van der Waals surface area contributed by atoms with Gasteiger partial charge in [-0.05, 0) is 24.3 Å². The zero-order valence-electron chi connectivity index (χ0n) is 20.8. The molecule has 0 aliphatic rings. The molecule has 5 atom stereocenters. The van der Waals surface area contributed by atoms with Crippen molar-refractivity contribution < 1.29 is 39.0 Å². The van der Waals surface area contributed by atoms with Crippen molar-refractivity contribution in [1.29, 1.82) is 0 Å². The number of nitrogens with one attached hydrogen (secondary N) is 3. The van der Waals surface area contributed by atoms with Gasteiger partial charge in [0.25, 0.3) is 0 Å². The minimum absolute atomic E-state index is 0.152. The lowest BCUT2D eigenvalue weighted by molar-refractivity contribution is -0.144. The van der Waals surface area contributed by atoms with Gasteiger partial charge in [-0.2, -0.15) is 0 Å². The number of hydrogen-bond donors (Lipinski definition) is 7. The van der Waals surface area contributed by atoms with Crippen LogP contribution < -0.4 is 27.4 Å². The Kier molecular flexibility index (Phi) is 12.7. The molecule has 0 aromatic heterocycles. The Labute approximate surface area is 214 Å². The van der Waals surface area contributed by atoms with Crippen molar-refractivity contribution in [3.05, 3.63) is 35.9 Å². The van der Waals surface area contributed by atoms with E-state index in [4.69, 9.17) is 16.6 Å². The van der Waals surface area contributed by atoms with Crippen LogP contribution in [0, 0.1) is 5.92 Å². The summed E-state index contributed by atoms with van der Waals surface area (Å²) in [6.07, 6.45) is -0.901. The predicted octanol–water partition coefficient (Wildman–Crippen LogP) is -1.12. The predicted molar refractivity (Wildman–Crippen MR) is 132 cm³/mol. The van der Waals surface area contributed by atoms with Crippen molar-refractivity contribution in [3.8, 4) is 0 Å². The monoisotopic (exact) mass is 521 g/mol. The highest BCUT2D eigenvalue weighted by Gasteiger charge is 2.32. The molecule has 0 bridgehead atoms. The van der Waals surface area contributed by atoms with Crippen molar-refractivity contribution in [2.24, 2.45) is 17.4 Å². The topological polar surface area (TPSA) is 231 Å². The molecule has 0 spiro atoms. The summed E-state index contributed by atoms with van der Waals surface area (Å²) < 4.78 is 0. The van der Waals surface area contributed by atoms with Crippen LogP contribution in [0.2, 0.25) is 0 Å². The largest absolute Gasteiger partial charge is 0.481 e. The summed E-state index contributed by atoms with van der Waals surface area (Å²) in [6.45, 7) is 3.34. The van der Waals surface area contributed by atoms with Crippen LogP contribution in [0.4, 0.5) is 0 Å². The Balaban J connectivity index is 3.02. The average Bonchev–Trinajstić information content (AvgIpc) is 2.83. The molecule has 0 fully saturated rings. The lowest BCUT2D eigenvalue weighted by Gasteiger charge is -2.26. The van der Waals surface area contributed by atoms with E-state index in [1.54, 1.807) is 44.2 Å². The summed E-state index contributed by atoms with van der Waals surface area (Å²) in [4.78, 5) is 72.6. The van der Waals surface area contributed by atoms with Crippen molar-refractivity contribution >= 4 is 35.6 Å².